The second-order valence-electron chi connectivity index (χ2n) is 5.83. The summed E-state index contributed by atoms with van der Waals surface area (Å²) in [5, 5.41) is 8.04. The SMILES string of the molecule is COC1Oc2ccc(C)cc2C(=O)/C1=C\Nc1cccc(S(N)(=O)=O)c1. The second-order valence-corrected chi connectivity index (χ2v) is 7.39. The minimum Gasteiger partial charge on any atom is -0.460 e. The fourth-order valence-electron chi connectivity index (χ4n) is 2.60. The summed E-state index contributed by atoms with van der Waals surface area (Å²) in [7, 11) is -2.38. The van der Waals surface area contributed by atoms with Gasteiger partial charge in [-0.1, -0.05) is 17.7 Å². The van der Waals surface area contributed by atoms with Crippen LogP contribution in [-0.4, -0.2) is 27.6 Å². The van der Waals surface area contributed by atoms with Crippen molar-refractivity contribution < 1.29 is 22.7 Å². The van der Waals surface area contributed by atoms with Gasteiger partial charge >= 0.3 is 0 Å². The van der Waals surface area contributed by atoms with Gasteiger partial charge in [-0.05, 0) is 37.3 Å². The van der Waals surface area contributed by atoms with Gasteiger partial charge in [0.2, 0.25) is 16.3 Å². The Bertz CT molecular complexity index is 998. The number of carbonyl (C=O) groups excluding carboxylic acids is 1. The maximum absolute atomic E-state index is 12.8. The minimum atomic E-state index is -3.82. The van der Waals surface area contributed by atoms with Crippen molar-refractivity contribution in [3.63, 3.8) is 0 Å². The Morgan fingerprint density at radius 2 is 2.00 bits per heavy atom. The number of anilines is 1. The molecule has 7 nitrogen and oxygen atoms in total. The summed E-state index contributed by atoms with van der Waals surface area (Å²) < 4.78 is 33.9. The number of Topliss-reactive ketones (excluding diaryl/α,β-unsaturated/α-hetero) is 1. The molecule has 0 saturated heterocycles. The molecule has 8 heteroatoms. The molecule has 136 valence electrons. The highest BCUT2D eigenvalue weighted by Gasteiger charge is 2.32. The van der Waals surface area contributed by atoms with Crippen molar-refractivity contribution in [2.45, 2.75) is 18.1 Å². The highest BCUT2D eigenvalue weighted by molar-refractivity contribution is 7.89. The van der Waals surface area contributed by atoms with E-state index in [0.717, 1.165) is 5.56 Å². The molecule has 0 amide bonds. The fourth-order valence-corrected chi connectivity index (χ4v) is 3.16. The Hall–Kier alpha value is -2.68. The van der Waals surface area contributed by atoms with Crippen molar-refractivity contribution in [3.8, 4) is 5.75 Å². The van der Waals surface area contributed by atoms with Crippen molar-refractivity contribution >= 4 is 21.5 Å². The number of primary sulfonamides is 1. The Morgan fingerprint density at radius 1 is 1.23 bits per heavy atom. The number of benzene rings is 2. The summed E-state index contributed by atoms with van der Waals surface area (Å²) in [5.41, 5.74) is 2.11. The maximum atomic E-state index is 12.8. The number of rotatable bonds is 4. The molecule has 26 heavy (non-hydrogen) atoms. The average Bonchev–Trinajstić information content (AvgIpc) is 2.60. The predicted molar refractivity (Wildman–Crippen MR) is 96.5 cm³/mol. The van der Waals surface area contributed by atoms with E-state index in [1.165, 1.54) is 25.4 Å². The van der Waals surface area contributed by atoms with Crippen LogP contribution in [0, 0.1) is 6.92 Å². The molecule has 0 spiro atoms. The molecule has 3 rings (SSSR count). The van der Waals surface area contributed by atoms with Crippen molar-refractivity contribution in [2.75, 3.05) is 12.4 Å². The highest BCUT2D eigenvalue weighted by atomic mass is 32.2. The smallest absolute Gasteiger partial charge is 0.238 e. The lowest BCUT2D eigenvalue weighted by Gasteiger charge is -2.26. The van der Waals surface area contributed by atoms with E-state index < -0.39 is 16.3 Å². The number of ether oxygens (including phenoxy) is 2. The van der Waals surface area contributed by atoms with Crippen LogP contribution in [0.4, 0.5) is 5.69 Å². The van der Waals surface area contributed by atoms with Crippen LogP contribution in [0.3, 0.4) is 0 Å². The lowest BCUT2D eigenvalue weighted by molar-refractivity contribution is -0.0283. The van der Waals surface area contributed by atoms with Gasteiger partial charge in [0.15, 0.2) is 5.78 Å². The second kappa shape index (κ2) is 6.91. The molecule has 1 unspecified atom stereocenters. The molecule has 2 aromatic rings. The first-order valence-electron chi connectivity index (χ1n) is 7.74. The summed E-state index contributed by atoms with van der Waals surface area (Å²) in [6.07, 6.45) is 0.580. The van der Waals surface area contributed by atoms with Crippen LogP contribution in [-0.2, 0) is 14.8 Å². The Morgan fingerprint density at radius 3 is 2.69 bits per heavy atom. The van der Waals surface area contributed by atoms with E-state index >= 15 is 0 Å². The number of methoxy groups -OCH3 is 1. The van der Waals surface area contributed by atoms with Crippen molar-refractivity contribution in [1.29, 1.82) is 0 Å². The zero-order valence-electron chi connectivity index (χ0n) is 14.2. The summed E-state index contributed by atoms with van der Waals surface area (Å²) >= 11 is 0. The maximum Gasteiger partial charge on any atom is 0.238 e. The summed E-state index contributed by atoms with van der Waals surface area (Å²) in [6.45, 7) is 1.89. The van der Waals surface area contributed by atoms with Gasteiger partial charge in [-0.2, -0.15) is 0 Å². The third-order valence-electron chi connectivity index (χ3n) is 3.90. The molecule has 3 N–H and O–H groups in total. The van der Waals surface area contributed by atoms with Crippen LogP contribution in [0.1, 0.15) is 15.9 Å². The quantitative estimate of drug-likeness (QED) is 0.794. The van der Waals surface area contributed by atoms with Crippen molar-refractivity contribution in [1.82, 2.24) is 0 Å². The van der Waals surface area contributed by atoms with E-state index in [1.807, 2.05) is 13.0 Å². The Labute approximate surface area is 151 Å². The monoisotopic (exact) mass is 374 g/mol. The lowest BCUT2D eigenvalue weighted by Crippen LogP contribution is -2.32. The molecule has 0 aliphatic carbocycles. The van der Waals surface area contributed by atoms with Crippen LogP contribution in [0.5, 0.6) is 5.75 Å². The summed E-state index contributed by atoms with van der Waals surface area (Å²) in [5.74, 6) is 0.234. The van der Waals surface area contributed by atoms with Crippen LogP contribution in [0.25, 0.3) is 0 Å². The minimum absolute atomic E-state index is 0.0311. The lowest BCUT2D eigenvalue weighted by atomic mass is 9.98. The number of carbonyl (C=O) groups is 1. The van der Waals surface area contributed by atoms with Crippen LogP contribution in [0.15, 0.2) is 59.1 Å². The largest absolute Gasteiger partial charge is 0.460 e. The number of hydrogen-bond donors (Lipinski definition) is 2. The van der Waals surface area contributed by atoms with Gasteiger partial charge in [0.05, 0.1) is 16.0 Å². The van der Waals surface area contributed by atoms with E-state index in [-0.39, 0.29) is 16.3 Å². The number of sulfonamides is 1. The Kier molecular flexibility index (Phi) is 4.82. The fraction of sp³-hybridized carbons (Fsp3) is 0.167. The molecule has 1 aliphatic rings. The molecule has 0 radical (unpaired) electrons. The van der Waals surface area contributed by atoms with E-state index in [4.69, 9.17) is 14.6 Å². The number of aryl methyl sites for hydroxylation is 1. The van der Waals surface area contributed by atoms with Gasteiger partial charge in [-0.3, -0.25) is 4.79 Å². The third-order valence-corrected chi connectivity index (χ3v) is 4.81. The zero-order valence-corrected chi connectivity index (χ0v) is 15.0. The molecule has 0 fully saturated rings. The van der Waals surface area contributed by atoms with Gasteiger partial charge in [0.1, 0.15) is 5.75 Å². The van der Waals surface area contributed by atoms with Crippen molar-refractivity contribution in [3.05, 3.63) is 65.4 Å². The standard InChI is InChI=1S/C18H18N2O5S/c1-11-6-7-16-14(8-11)17(21)15(18(24-2)25-16)10-20-12-4-3-5-13(9-12)26(19,22)23/h3-10,18,20H,1-2H3,(H2,19,22,23)/b15-10+. The van der Waals surface area contributed by atoms with Gasteiger partial charge in [-0.25, -0.2) is 13.6 Å². The number of fused-ring (bicyclic) bond motifs is 1. The van der Waals surface area contributed by atoms with E-state index in [9.17, 15) is 13.2 Å². The summed E-state index contributed by atoms with van der Waals surface area (Å²) in [6, 6.07) is 11.3. The molecule has 2 aromatic carbocycles. The zero-order chi connectivity index (χ0) is 18.9. The predicted octanol–water partition coefficient (Wildman–Crippen LogP) is 2.19. The van der Waals surface area contributed by atoms with E-state index in [2.05, 4.69) is 5.32 Å². The third kappa shape index (κ3) is 3.62. The number of hydrogen-bond acceptors (Lipinski definition) is 6. The molecule has 0 bridgehead atoms. The van der Waals surface area contributed by atoms with Crippen LogP contribution < -0.4 is 15.2 Å². The first-order chi connectivity index (χ1) is 12.3. The van der Waals surface area contributed by atoms with Gasteiger partial charge < -0.3 is 14.8 Å². The summed E-state index contributed by atoms with van der Waals surface area (Å²) in [4.78, 5) is 12.8. The molecule has 1 heterocycles. The first-order valence-corrected chi connectivity index (χ1v) is 9.28. The van der Waals surface area contributed by atoms with E-state index in [0.29, 0.717) is 17.0 Å². The normalized spacial score (nSPS) is 18.3. The van der Waals surface area contributed by atoms with Crippen LogP contribution >= 0.6 is 0 Å². The highest BCUT2D eigenvalue weighted by Crippen LogP contribution is 2.31. The topological polar surface area (TPSA) is 108 Å². The molecule has 1 atom stereocenters. The van der Waals surface area contributed by atoms with Gasteiger partial charge in [-0.15, -0.1) is 0 Å². The number of ketones is 1. The molecular formula is C18H18N2O5S. The average molecular weight is 374 g/mol. The van der Waals surface area contributed by atoms with E-state index in [1.54, 1.807) is 24.3 Å². The number of nitrogens with one attached hydrogen (secondary N) is 1. The van der Waals surface area contributed by atoms with Crippen LogP contribution in [0.2, 0.25) is 0 Å². The van der Waals surface area contributed by atoms with Gasteiger partial charge in [0, 0.05) is 19.0 Å². The van der Waals surface area contributed by atoms with Crippen molar-refractivity contribution in [2.24, 2.45) is 5.14 Å². The molecule has 1 aliphatic heterocycles. The number of nitrogens with two attached hydrogens (primary N) is 1. The Balaban J connectivity index is 1.93. The molecule has 0 aromatic heterocycles. The first kappa shape index (κ1) is 18.1. The molecular weight excluding hydrogens is 356 g/mol. The molecule has 0 saturated carbocycles. The van der Waals surface area contributed by atoms with Gasteiger partial charge in [0.25, 0.3) is 0 Å².